The first-order valence-electron chi connectivity index (χ1n) is 7.47. The normalized spacial score (nSPS) is 10.5. The van der Waals surface area contributed by atoms with Gasteiger partial charge >= 0.3 is 0 Å². The zero-order valence-electron chi connectivity index (χ0n) is 13.1. The lowest BCUT2D eigenvalue weighted by Gasteiger charge is -2.11. The maximum absolute atomic E-state index is 11.6. The molecule has 0 bridgehead atoms. The molecule has 0 saturated carbocycles. The molecule has 3 heteroatoms. The number of carbonyl (C=O) groups excluding carboxylic acids is 1. The van der Waals surface area contributed by atoms with Crippen molar-refractivity contribution in [2.75, 3.05) is 13.2 Å². The van der Waals surface area contributed by atoms with Crippen LogP contribution in [0.4, 0.5) is 0 Å². The molecule has 0 aromatic heterocycles. The van der Waals surface area contributed by atoms with Crippen molar-refractivity contribution in [2.24, 2.45) is 5.92 Å². The van der Waals surface area contributed by atoms with Crippen molar-refractivity contribution < 1.29 is 9.53 Å². The second-order valence-electron chi connectivity index (χ2n) is 5.49. The number of rotatable bonds is 6. The van der Waals surface area contributed by atoms with Crippen molar-refractivity contribution in [3.8, 4) is 18.1 Å². The largest absolute Gasteiger partial charge is 0.481 e. The molecule has 2 aromatic carbocycles. The number of fused-ring (bicyclic) bond motifs is 1. The molecule has 1 N–H and O–H groups in total. The summed E-state index contributed by atoms with van der Waals surface area (Å²) in [6.07, 6.45) is 6.01. The van der Waals surface area contributed by atoms with E-state index in [0.717, 1.165) is 22.9 Å². The lowest BCUT2D eigenvalue weighted by Crippen LogP contribution is -2.29. The third-order valence-corrected chi connectivity index (χ3v) is 3.48. The summed E-state index contributed by atoms with van der Waals surface area (Å²) >= 11 is 0. The Kier molecular flexibility index (Phi) is 5.43. The highest BCUT2D eigenvalue weighted by Crippen LogP contribution is 2.24. The first-order chi connectivity index (χ1) is 10.6. The van der Waals surface area contributed by atoms with E-state index < -0.39 is 0 Å². The number of carbonyl (C=O) groups is 1. The quantitative estimate of drug-likeness (QED) is 0.831. The minimum atomic E-state index is 0.0104. The van der Waals surface area contributed by atoms with E-state index in [0.29, 0.717) is 6.54 Å². The molecule has 114 valence electrons. The van der Waals surface area contributed by atoms with Crippen LogP contribution in [0.1, 0.15) is 19.4 Å². The Labute approximate surface area is 131 Å². The molecule has 0 aliphatic heterocycles. The van der Waals surface area contributed by atoms with E-state index in [1.807, 2.05) is 38.1 Å². The van der Waals surface area contributed by atoms with Gasteiger partial charge in [-0.05, 0) is 34.9 Å². The van der Waals surface area contributed by atoms with Gasteiger partial charge in [-0.3, -0.25) is 4.79 Å². The van der Waals surface area contributed by atoms with Gasteiger partial charge in [0.25, 0.3) is 0 Å². The van der Waals surface area contributed by atoms with Crippen molar-refractivity contribution in [1.82, 2.24) is 5.32 Å². The average molecular weight is 295 g/mol. The Morgan fingerprint density at radius 2 is 2.14 bits per heavy atom. The van der Waals surface area contributed by atoms with E-state index in [2.05, 4.69) is 23.4 Å². The molecule has 0 spiro atoms. The summed E-state index contributed by atoms with van der Waals surface area (Å²) < 4.78 is 5.49. The minimum Gasteiger partial charge on any atom is -0.481 e. The average Bonchev–Trinajstić information content (AvgIpc) is 2.52. The number of terminal acetylenes is 1. The van der Waals surface area contributed by atoms with Crippen LogP contribution in [0.25, 0.3) is 10.8 Å². The van der Waals surface area contributed by atoms with Crippen molar-refractivity contribution >= 4 is 16.7 Å². The molecule has 0 aliphatic carbocycles. The smallest absolute Gasteiger partial charge is 0.222 e. The zero-order chi connectivity index (χ0) is 15.9. The van der Waals surface area contributed by atoms with Gasteiger partial charge < -0.3 is 10.1 Å². The standard InChI is InChI=1S/C19H21NO2/c1-4-12-22-17-9-8-15-6-5-7-16(18(15)13-17)10-11-20-19(21)14(2)3/h1,5-9,13-14H,10-12H2,2-3H3,(H,20,21). The Hall–Kier alpha value is -2.47. The van der Waals surface area contributed by atoms with Crippen molar-refractivity contribution in [3.05, 3.63) is 42.0 Å². The van der Waals surface area contributed by atoms with Gasteiger partial charge in [-0.15, -0.1) is 6.42 Å². The predicted molar refractivity (Wildman–Crippen MR) is 89.8 cm³/mol. The number of amides is 1. The zero-order valence-corrected chi connectivity index (χ0v) is 13.1. The molecule has 3 nitrogen and oxygen atoms in total. The van der Waals surface area contributed by atoms with Gasteiger partial charge in [0.1, 0.15) is 12.4 Å². The van der Waals surface area contributed by atoms with Gasteiger partial charge in [0.15, 0.2) is 0 Å². The fourth-order valence-corrected chi connectivity index (χ4v) is 2.27. The summed E-state index contributed by atoms with van der Waals surface area (Å²) in [6, 6.07) is 12.1. The topological polar surface area (TPSA) is 38.3 Å². The molecule has 0 heterocycles. The van der Waals surface area contributed by atoms with Gasteiger partial charge in [-0.1, -0.05) is 44.0 Å². The summed E-state index contributed by atoms with van der Waals surface area (Å²) in [4.78, 5) is 11.6. The lowest BCUT2D eigenvalue weighted by molar-refractivity contribution is -0.123. The third-order valence-electron chi connectivity index (χ3n) is 3.48. The van der Waals surface area contributed by atoms with Gasteiger partial charge in [-0.2, -0.15) is 0 Å². The third kappa shape index (κ3) is 4.02. The van der Waals surface area contributed by atoms with Crippen LogP contribution in [0.5, 0.6) is 5.75 Å². The first-order valence-corrected chi connectivity index (χ1v) is 7.47. The molecule has 0 saturated heterocycles. The molecular formula is C19H21NO2. The van der Waals surface area contributed by atoms with E-state index in [-0.39, 0.29) is 18.4 Å². The van der Waals surface area contributed by atoms with E-state index in [1.165, 1.54) is 5.56 Å². The van der Waals surface area contributed by atoms with Crippen LogP contribution in [0.3, 0.4) is 0 Å². The van der Waals surface area contributed by atoms with Crippen LogP contribution >= 0.6 is 0 Å². The van der Waals surface area contributed by atoms with Gasteiger partial charge in [0, 0.05) is 12.5 Å². The summed E-state index contributed by atoms with van der Waals surface area (Å²) in [6.45, 7) is 4.67. The van der Waals surface area contributed by atoms with Gasteiger partial charge in [0.2, 0.25) is 5.91 Å². The second kappa shape index (κ2) is 7.51. The summed E-state index contributed by atoms with van der Waals surface area (Å²) in [5, 5.41) is 5.24. The number of ether oxygens (including phenoxy) is 1. The predicted octanol–water partition coefficient (Wildman–Crippen LogP) is 3.17. The van der Waals surface area contributed by atoms with Crippen LogP contribution in [-0.2, 0) is 11.2 Å². The van der Waals surface area contributed by atoms with Crippen LogP contribution in [0.2, 0.25) is 0 Å². The number of benzene rings is 2. The number of nitrogens with one attached hydrogen (secondary N) is 1. The molecular weight excluding hydrogens is 274 g/mol. The summed E-state index contributed by atoms with van der Waals surface area (Å²) in [5.41, 5.74) is 1.19. The molecule has 0 atom stereocenters. The molecule has 0 radical (unpaired) electrons. The Bertz CT molecular complexity index is 698. The number of hydrogen-bond donors (Lipinski definition) is 1. The van der Waals surface area contributed by atoms with Crippen LogP contribution < -0.4 is 10.1 Å². The first kappa shape index (κ1) is 15.9. The molecule has 0 unspecified atom stereocenters. The van der Waals surface area contributed by atoms with E-state index in [4.69, 9.17) is 11.2 Å². The van der Waals surface area contributed by atoms with Gasteiger partial charge in [0.05, 0.1) is 0 Å². The van der Waals surface area contributed by atoms with E-state index in [1.54, 1.807) is 0 Å². The van der Waals surface area contributed by atoms with E-state index >= 15 is 0 Å². The Morgan fingerprint density at radius 3 is 2.86 bits per heavy atom. The SMILES string of the molecule is C#CCOc1ccc2cccc(CCNC(=O)C(C)C)c2c1. The molecule has 0 aliphatic rings. The fraction of sp³-hybridized carbons (Fsp3) is 0.316. The second-order valence-corrected chi connectivity index (χ2v) is 5.49. The van der Waals surface area contributed by atoms with Crippen molar-refractivity contribution in [3.63, 3.8) is 0 Å². The maximum Gasteiger partial charge on any atom is 0.222 e. The monoisotopic (exact) mass is 295 g/mol. The highest BCUT2D eigenvalue weighted by atomic mass is 16.5. The van der Waals surface area contributed by atoms with Crippen molar-refractivity contribution in [1.29, 1.82) is 0 Å². The van der Waals surface area contributed by atoms with E-state index in [9.17, 15) is 4.79 Å². The Morgan fingerprint density at radius 1 is 1.32 bits per heavy atom. The van der Waals surface area contributed by atoms with Crippen LogP contribution in [-0.4, -0.2) is 19.1 Å². The molecule has 22 heavy (non-hydrogen) atoms. The highest BCUT2D eigenvalue weighted by molar-refractivity contribution is 5.87. The highest BCUT2D eigenvalue weighted by Gasteiger charge is 2.07. The summed E-state index contributed by atoms with van der Waals surface area (Å²) in [5.74, 6) is 3.33. The minimum absolute atomic E-state index is 0.0104. The van der Waals surface area contributed by atoms with Crippen LogP contribution in [0, 0.1) is 18.3 Å². The fourth-order valence-electron chi connectivity index (χ4n) is 2.27. The molecule has 2 aromatic rings. The van der Waals surface area contributed by atoms with Gasteiger partial charge in [-0.25, -0.2) is 0 Å². The van der Waals surface area contributed by atoms with Crippen molar-refractivity contribution in [2.45, 2.75) is 20.3 Å². The maximum atomic E-state index is 11.6. The number of hydrogen-bond acceptors (Lipinski definition) is 2. The Balaban J connectivity index is 2.14. The summed E-state index contributed by atoms with van der Waals surface area (Å²) in [7, 11) is 0. The molecule has 0 fully saturated rings. The molecule has 1 amide bonds. The lowest BCUT2D eigenvalue weighted by atomic mass is 10.0. The molecule has 2 rings (SSSR count). The van der Waals surface area contributed by atoms with Crippen LogP contribution in [0.15, 0.2) is 36.4 Å².